The highest BCUT2D eigenvalue weighted by Crippen LogP contribution is 2.16. The summed E-state index contributed by atoms with van der Waals surface area (Å²) in [5, 5.41) is -0.528. The van der Waals surface area contributed by atoms with E-state index in [0.717, 1.165) is 6.20 Å². The number of rotatable bonds is 1. The van der Waals surface area contributed by atoms with Crippen LogP contribution in [-0.2, 0) is 19.7 Å². The van der Waals surface area contributed by atoms with E-state index in [1.54, 1.807) is 0 Å². The number of sulfone groups is 2. The minimum Gasteiger partial charge on any atom is -0.388 e. The topological polar surface area (TPSA) is 107 Å². The summed E-state index contributed by atoms with van der Waals surface area (Å²) in [5.41, 5.74) is 5.05. The molecule has 2 N–H and O–H groups in total. The normalized spacial score (nSPS) is 21.0. The third kappa shape index (κ3) is 1.46. The number of nitrogens with zero attached hydrogens (tertiary/aromatic N) is 1. The molecular formula is C5H8N2O4S2. The van der Waals surface area contributed by atoms with E-state index in [1.807, 2.05) is 0 Å². The summed E-state index contributed by atoms with van der Waals surface area (Å²) in [4.78, 5) is 3.27. The van der Waals surface area contributed by atoms with E-state index in [4.69, 9.17) is 5.73 Å². The molecule has 0 atom stereocenters. The average Bonchev–Trinajstić information content (AvgIpc) is 2.28. The van der Waals surface area contributed by atoms with Crippen molar-refractivity contribution in [3.05, 3.63) is 11.2 Å². The van der Waals surface area contributed by atoms with E-state index in [-0.39, 0.29) is 5.75 Å². The van der Waals surface area contributed by atoms with Gasteiger partial charge in [0.2, 0.25) is 9.84 Å². The van der Waals surface area contributed by atoms with Gasteiger partial charge in [0.1, 0.15) is 0 Å². The summed E-state index contributed by atoms with van der Waals surface area (Å²) in [6, 6.07) is 0. The molecule has 1 rings (SSSR count). The van der Waals surface area contributed by atoms with E-state index in [1.165, 1.54) is 6.92 Å². The molecular weight excluding hydrogens is 216 g/mol. The van der Waals surface area contributed by atoms with Gasteiger partial charge in [-0.05, 0) is 0 Å². The van der Waals surface area contributed by atoms with Gasteiger partial charge in [0.25, 0.3) is 14.2 Å². The van der Waals surface area contributed by atoms with Crippen LogP contribution in [0, 0.1) is 0 Å². The minimum atomic E-state index is -4.03. The molecule has 6 nitrogen and oxygen atoms in total. The Bertz CT molecular complexity index is 483. The van der Waals surface area contributed by atoms with Gasteiger partial charge in [-0.1, -0.05) is 6.92 Å². The first-order valence-electron chi connectivity index (χ1n) is 3.33. The number of aliphatic imine (C=N–C) groups is 1. The summed E-state index contributed by atoms with van der Waals surface area (Å²) < 4.78 is 43.9. The summed E-state index contributed by atoms with van der Waals surface area (Å²) in [6.45, 7) is 1.34. The Balaban J connectivity index is 3.33. The molecule has 0 aliphatic carbocycles. The maximum Gasteiger partial charge on any atom is 0.254 e. The lowest BCUT2D eigenvalue weighted by atomic mass is 10.9. The lowest BCUT2D eigenvalue weighted by molar-refractivity contribution is 0.606. The van der Waals surface area contributed by atoms with Crippen molar-refractivity contribution >= 4 is 24.1 Å². The van der Waals surface area contributed by atoms with Gasteiger partial charge >= 0.3 is 0 Å². The summed E-state index contributed by atoms with van der Waals surface area (Å²) in [6.07, 6.45) is 0.831. The van der Waals surface area contributed by atoms with Crippen molar-refractivity contribution in [2.45, 2.75) is 6.92 Å². The molecule has 0 spiro atoms. The molecule has 0 aromatic carbocycles. The molecule has 0 saturated heterocycles. The molecule has 74 valence electrons. The van der Waals surface area contributed by atoms with Crippen LogP contribution in [0.2, 0.25) is 0 Å². The minimum absolute atomic E-state index is 0.313. The van der Waals surface area contributed by atoms with Crippen molar-refractivity contribution < 1.29 is 16.8 Å². The highest BCUT2D eigenvalue weighted by atomic mass is 32.3. The van der Waals surface area contributed by atoms with Crippen LogP contribution in [-0.4, -0.2) is 27.0 Å². The molecule has 1 heterocycles. The quantitative estimate of drug-likeness (QED) is 0.612. The molecule has 1 aliphatic rings. The van der Waals surface area contributed by atoms with Crippen LogP contribution < -0.4 is 5.73 Å². The van der Waals surface area contributed by atoms with Gasteiger partial charge in [-0.25, -0.2) is 21.8 Å². The third-order valence-corrected chi connectivity index (χ3v) is 5.59. The van der Waals surface area contributed by atoms with Crippen LogP contribution in [0.5, 0.6) is 0 Å². The fourth-order valence-electron chi connectivity index (χ4n) is 0.727. The fourth-order valence-corrected chi connectivity index (χ4v) is 3.75. The molecule has 0 aromatic heterocycles. The third-order valence-electron chi connectivity index (χ3n) is 1.48. The second-order valence-corrected chi connectivity index (χ2v) is 6.65. The fraction of sp³-hybridized carbons (Fsp3) is 0.400. The predicted octanol–water partition coefficient (Wildman–Crippen LogP) is -1.04. The van der Waals surface area contributed by atoms with Crippen molar-refractivity contribution in [2.24, 2.45) is 10.7 Å². The molecule has 13 heavy (non-hydrogen) atoms. The zero-order valence-corrected chi connectivity index (χ0v) is 8.39. The van der Waals surface area contributed by atoms with Gasteiger partial charge < -0.3 is 5.73 Å². The standard InChI is InChI=1S/C5H8N2O4S2/c1-2-12(8,9)5-7-3-4(6)13(5,10)11/h3H,2,6H2,1H3. The summed E-state index contributed by atoms with van der Waals surface area (Å²) in [5.74, 6) is -0.313. The summed E-state index contributed by atoms with van der Waals surface area (Å²) in [7, 11) is -7.84. The van der Waals surface area contributed by atoms with E-state index in [9.17, 15) is 16.8 Å². The molecule has 0 amide bonds. The van der Waals surface area contributed by atoms with Crippen LogP contribution >= 0.6 is 0 Å². The maximum atomic E-state index is 11.2. The molecule has 0 saturated carbocycles. The number of hydrogen-bond acceptors (Lipinski definition) is 6. The Morgan fingerprint density at radius 3 is 2.38 bits per heavy atom. The molecule has 1 aliphatic heterocycles. The van der Waals surface area contributed by atoms with Crippen molar-refractivity contribution in [2.75, 3.05) is 5.75 Å². The average molecular weight is 224 g/mol. The lowest BCUT2D eigenvalue weighted by Crippen LogP contribution is -2.26. The van der Waals surface area contributed by atoms with Crippen LogP contribution in [0.15, 0.2) is 16.2 Å². The molecule has 0 bridgehead atoms. The van der Waals surface area contributed by atoms with E-state index in [0.29, 0.717) is 0 Å². The Hall–Kier alpha value is -0.890. The molecule has 0 radical (unpaired) electrons. The number of nitrogens with two attached hydrogens (primary N) is 1. The van der Waals surface area contributed by atoms with Crippen LogP contribution in [0.1, 0.15) is 6.92 Å². The Labute approximate surface area is 76.0 Å². The first-order valence-corrected chi connectivity index (χ1v) is 6.47. The number of hydrogen-bond donors (Lipinski definition) is 1. The molecule has 0 aromatic rings. The molecule has 0 fully saturated rings. The molecule has 0 unspecified atom stereocenters. The van der Waals surface area contributed by atoms with Crippen molar-refractivity contribution in [3.8, 4) is 0 Å². The first-order chi connectivity index (χ1) is 5.82. The Kier molecular flexibility index (Phi) is 2.20. The van der Waals surface area contributed by atoms with Crippen LogP contribution in [0.4, 0.5) is 0 Å². The van der Waals surface area contributed by atoms with Gasteiger partial charge in [0.15, 0.2) is 5.03 Å². The van der Waals surface area contributed by atoms with Gasteiger partial charge in [0.05, 0.1) is 12.0 Å². The van der Waals surface area contributed by atoms with E-state index < -0.39 is 29.1 Å². The Morgan fingerprint density at radius 2 is 2.08 bits per heavy atom. The van der Waals surface area contributed by atoms with Crippen molar-refractivity contribution in [1.29, 1.82) is 0 Å². The first kappa shape index (κ1) is 10.2. The Morgan fingerprint density at radius 1 is 1.54 bits per heavy atom. The van der Waals surface area contributed by atoms with E-state index >= 15 is 0 Å². The highest BCUT2D eigenvalue weighted by molar-refractivity contribution is 8.33. The van der Waals surface area contributed by atoms with Crippen LogP contribution in [0.25, 0.3) is 0 Å². The lowest BCUT2D eigenvalue weighted by Gasteiger charge is -2.00. The van der Waals surface area contributed by atoms with Crippen molar-refractivity contribution in [1.82, 2.24) is 0 Å². The molecule has 8 heteroatoms. The largest absolute Gasteiger partial charge is 0.388 e. The second kappa shape index (κ2) is 2.81. The zero-order chi connectivity index (χ0) is 10.3. The van der Waals surface area contributed by atoms with Crippen molar-refractivity contribution in [3.63, 3.8) is 0 Å². The predicted molar refractivity (Wildman–Crippen MR) is 48.1 cm³/mol. The SMILES string of the molecule is CCS(=O)(=O)C1=NC=C(N)S1(=O)=O. The van der Waals surface area contributed by atoms with Crippen LogP contribution in [0.3, 0.4) is 0 Å². The second-order valence-electron chi connectivity index (χ2n) is 2.33. The zero-order valence-electron chi connectivity index (χ0n) is 6.76. The highest BCUT2D eigenvalue weighted by Gasteiger charge is 2.36. The smallest absolute Gasteiger partial charge is 0.254 e. The maximum absolute atomic E-state index is 11.2. The van der Waals surface area contributed by atoms with Gasteiger partial charge in [-0.15, -0.1) is 0 Å². The van der Waals surface area contributed by atoms with Gasteiger partial charge in [-0.2, -0.15) is 0 Å². The van der Waals surface area contributed by atoms with Gasteiger partial charge in [-0.3, -0.25) is 0 Å². The van der Waals surface area contributed by atoms with E-state index in [2.05, 4.69) is 4.99 Å². The summed E-state index contributed by atoms with van der Waals surface area (Å²) >= 11 is 0. The monoisotopic (exact) mass is 224 g/mol. The van der Waals surface area contributed by atoms with Gasteiger partial charge in [0, 0.05) is 0 Å².